The molecule has 0 spiro atoms. The number of hydrogen-bond acceptors (Lipinski definition) is 3. The molecule has 1 radical (unpaired) electrons. The highest BCUT2D eigenvalue weighted by Crippen LogP contribution is 2.26. The third-order valence-electron chi connectivity index (χ3n) is 2.32. The van der Waals surface area contributed by atoms with Crippen molar-refractivity contribution in [2.24, 2.45) is 0 Å². The van der Waals surface area contributed by atoms with Gasteiger partial charge in [-0.1, -0.05) is 30.3 Å². The molecule has 4 heteroatoms. The summed E-state index contributed by atoms with van der Waals surface area (Å²) >= 11 is 0. The zero-order valence-corrected chi connectivity index (χ0v) is 8.42. The highest BCUT2D eigenvalue weighted by molar-refractivity contribution is 5.70. The summed E-state index contributed by atoms with van der Waals surface area (Å²) in [7, 11) is 1.58. The summed E-state index contributed by atoms with van der Waals surface area (Å²) in [5.74, 6) is 0. The largest absolute Gasteiger partial charge is 0.440 e. The van der Waals surface area contributed by atoms with E-state index in [0.29, 0.717) is 6.61 Å². The first-order valence-corrected chi connectivity index (χ1v) is 4.76. The van der Waals surface area contributed by atoms with Gasteiger partial charge in [-0.2, -0.15) is 0 Å². The zero-order chi connectivity index (χ0) is 10.7. The number of methoxy groups -OCH3 is 1. The molecular formula is C11H12NO3. The average Bonchev–Trinajstić information content (AvgIpc) is 2.62. The molecule has 0 aromatic heterocycles. The molecule has 15 heavy (non-hydrogen) atoms. The van der Waals surface area contributed by atoms with Crippen LogP contribution in [0.25, 0.3) is 0 Å². The van der Waals surface area contributed by atoms with Crippen LogP contribution < -0.4 is 5.32 Å². The summed E-state index contributed by atoms with van der Waals surface area (Å²) in [6.45, 7) is 0.370. The van der Waals surface area contributed by atoms with Crippen LogP contribution in [-0.4, -0.2) is 25.9 Å². The smallest absolute Gasteiger partial charge is 0.430 e. The summed E-state index contributed by atoms with van der Waals surface area (Å²) in [6, 6.07) is 9.37. The third-order valence-corrected chi connectivity index (χ3v) is 2.32. The fourth-order valence-electron chi connectivity index (χ4n) is 1.65. The highest BCUT2D eigenvalue weighted by Gasteiger charge is 2.36. The maximum absolute atomic E-state index is 11.1. The number of amides is 1. The van der Waals surface area contributed by atoms with Gasteiger partial charge < -0.3 is 9.47 Å². The lowest BCUT2D eigenvalue weighted by molar-refractivity contribution is 0.0590. The fourth-order valence-corrected chi connectivity index (χ4v) is 1.65. The van der Waals surface area contributed by atoms with Gasteiger partial charge in [0, 0.05) is 7.11 Å². The first-order chi connectivity index (χ1) is 7.31. The van der Waals surface area contributed by atoms with Gasteiger partial charge in [-0.3, -0.25) is 0 Å². The molecule has 4 nitrogen and oxygen atoms in total. The number of carbonyl (C=O) groups excluding carboxylic acids is 1. The Bertz CT molecular complexity index is 339. The average molecular weight is 206 g/mol. The Morgan fingerprint density at radius 3 is 2.80 bits per heavy atom. The fraction of sp³-hybridized carbons (Fsp3) is 0.364. The Kier molecular flexibility index (Phi) is 2.87. The first-order valence-electron chi connectivity index (χ1n) is 4.76. The molecule has 1 saturated heterocycles. The number of rotatable bonds is 3. The quantitative estimate of drug-likeness (QED) is 0.753. The van der Waals surface area contributed by atoms with Gasteiger partial charge in [-0.25, -0.2) is 10.1 Å². The van der Waals surface area contributed by atoms with Crippen LogP contribution in [0.5, 0.6) is 0 Å². The van der Waals surface area contributed by atoms with Crippen molar-refractivity contribution < 1.29 is 14.3 Å². The van der Waals surface area contributed by atoms with Gasteiger partial charge in [0.2, 0.25) is 0 Å². The minimum absolute atomic E-state index is 0.237. The van der Waals surface area contributed by atoms with Gasteiger partial charge in [0.1, 0.15) is 6.04 Å². The van der Waals surface area contributed by atoms with Crippen LogP contribution in [0.15, 0.2) is 30.3 Å². The molecule has 0 N–H and O–H groups in total. The van der Waals surface area contributed by atoms with Gasteiger partial charge in [0.25, 0.3) is 0 Å². The number of benzene rings is 1. The van der Waals surface area contributed by atoms with E-state index >= 15 is 0 Å². The molecule has 1 aromatic rings. The molecule has 2 atom stereocenters. The van der Waals surface area contributed by atoms with E-state index in [9.17, 15) is 4.79 Å². The van der Waals surface area contributed by atoms with Crippen molar-refractivity contribution in [1.82, 2.24) is 5.32 Å². The molecule has 1 fully saturated rings. The maximum atomic E-state index is 11.1. The molecule has 1 aromatic carbocycles. The van der Waals surface area contributed by atoms with Crippen LogP contribution in [0.3, 0.4) is 0 Å². The molecule has 2 unspecified atom stereocenters. The predicted octanol–water partition coefficient (Wildman–Crippen LogP) is 1.50. The minimum atomic E-state index is -0.508. The van der Waals surface area contributed by atoms with E-state index in [1.807, 2.05) is 30.3 Å². The number of carbonyl (C=O) groups is 1. The Balaban J connectivity index is 2.17. The van der Waals surface area contributed by atoms with Gasteiger partial charge in [-0.15, -0.1) is 0 Å². The number of cyclic esters (lactones) is 1. The van der Waals surface area contributed by atoms with E-state index in [0.717, 1.165) is 5.56 Å². The van der Waals surface area contributed by atoms with Crippen molar-refractivity contribution >= 4 is 6.09 Å². The van der Waals surface area contributed by atoms with Crippen LogP contribution in [0.4, 0.5) is 4.79 Å². The maximum Gasteiger partial charge on any atom is 0.430 e. The van der Waals surface area contributed by atoms with Gasteiger partial charge in [-0.05, 0) is 5.56 Å². The Morgan fingerprint density at radius 1 is 1.40 bits per heavy atom. The van der Waals surface area contributed by atoms with E-state index in [1.54, 1.807) is 7.11 Å². The number of ether oxygens (including phenoxy) is 2. The third kappa shape index (κ3) is 2.10. The lowest BCUT2D eigenvalue weighted by Crippen LogP contribution is -2.22. The lowest BCUT2D eigenvalue weighted by atomic mass is 10.0. The van der Waals surface area contributed by atoms with Crippen LogP contribution in [0, 0.1) is 0 Å². The predicted molar refractivity (Wildman–Crippen MR) is 53.5 cm³/mol. The Labute approximate surface area is 88.2 Å². The monoisotopic (exact) mass is 206 g/mol. The van der Waals surface area contributed by atoms with E-state index < -0.39 is 6.09 Å². The summed E-state index contributed by atoms with van der Waals surface area (Å²) in [5.41, 5.74) is 0.977. The van der Waals surface area contributed by atoms with Crippen LogP contribution in [0.1, 0.15) is 11.6 Å². The molecule has 79 valence electrons. The molecule has 0 aliphatic carbocycles. The number of hydrogen-bond donors (Lipinski definition) is 0. The molecular weight excluding hydrogens is 194 g/mol. The van der Waals surface area contributed by atoms with Crippen LogP contribution in [-0.2, 0) is 9.47 Å². The van der Waals surface area contributed by atoms with Crippen molar-refractivity contribution in [3.8, 4) is 0 Å². The summed E-state index contributed by atoms with van der Waals surface area (Å²) < 4.78 is 10.0. The minimum Gasteiger partial charge on any atom is -0.440 e. The second-order valence-corrected chi connectivity index (χ2v) is 3.36. The molecule has 1 amide bonds. The van der Waals surface area contributed by atoms with Gasteiger partial charge >= 0.3 is 6.09 Å². The topological polar surface area (TPSA) is 49.6 Å². The molecule has 0 bridgehead atoms. The van der Waals surface area contributed by atoms with E-state index in [4.69, 9.17) is 9.47 Å². The second kappa shape index (κ2) is 4.31. The Morgan fingerprint density at radius 2 is 2.13 bits per heavy atom. The van der Waals surface area contributed by atoms with Gasteiger partial charge in [0.15, 0.2) is 6.10 Å². The molecule has 0 saturated carbocycles. The van der Waals surface area contributed by atoms with Crippen LogP contribution in [0.2, 0.25) is 0 Å². The first kappa shape index (κ1) is 9.98. The van der Waals surface area contributed by atoms with E-state index in [2.05, 4.69) is 5.32 Å². The molecule has 1 aliphatic heterocycles. The molecule has 1 aliphatic rings. The summed E-state index contributed by atoms with van der Waals surface area (Å²) in [6.07, 6.45) is -0.809. The Hall–Kier alpha value is -1.55. The standard InChI is InChI=1S/C11H12NO3/c1-14-7-9-10(12-11(13)15-9)8-5-3-2-4-6-8/h2-6,9-10H,7H2,1H3. The van der Waals surface area contributed by atoms with Crippen molar-refractivity contribution in [1.29, 1.82) is 0 Å². The van der Waals surface area contributed by atoms with Crippen LogP contribution >= 0.6 is 0 Å². The van der Waals surface area contributed by atoms with Crippen molar-refractivity contribution in [2.75, 3.05) is 13.7 Å². The number of nitrogens with zero attached hydrogens (tertiary/aromatic N) is 1. The second-order valence-electron chi connectivity index (χ2n) is 3.36. The normalized spacial score (nSPS) is 24.7. The van der Waals surface area contributed by atoms with Crippen molar-refractivity contribution in [2.45, 2.75) is 12.1 Å². The van der Waals surface area contributed by atoms with Gasteiger partial charge in [0.05, 0.1) is 6.61 Å². The van der Waals surface area contributed by atoms with E-state index in [-0.39, 0.29) is 12.1 Å². The summed E-state index contributed by atoms with van der Waals surface area (Å²) in [4.78, 5) is 11.1. The molecule has 2 rings (SSSR count). The SMILES string of the molecule is COCC1OC(=O)[N]C1c1ccccc1. The van der Waals surface area contributed by atoms with E-state index in [1.165, 1.54) is 0 Å². The van der Waals surface area contributed by atoms with Crippen molar-refractivity contribution in [3.05, 3.63) is 35.9 Å². The highest BCUT2D eigenvalue weighted by atomic mass is 16.6. The molecule has 1 heterocycles. The lowest BCUT2D eigenvalue weighted by Gasteiger charge is -2.14. The summed E-state index contributed by atoms with van der Waals surface area (Å²) in [5, 5.41) is 3.92. The van der Waals surface area contributed by atoms with Crippen molar-refractivity contribution in [3.63, 3.8) is 0 Å². The zero-order valence-electron chi connectivity index (χ0n) is 8.42.